The van der Waals surface area contributed by atoms with Crippen LogP contribution < -0.4 is 0 Å². The Morgan fingerprint density at radius 1 is 1.27 bits per heavy atom. The second-order valence-corrected chi connectivity index (χ2v) is 10.7. The highest BCUT2D eigenvalue weighted by Crippen LogP contribution is 2.65. The van der Waals surface area contributed by atoms with Crippen molar-refractivity contribution in [2.45, 2.75) is 25.5 Å². The summed E-state index contributed by atoms with van der Waals surface area (Å²) in [6, 6.07) is 4.95. The maximum atomic E-state index is 13.6. The normalized spacial score (nSPS) is 14.0. The number of nitro benzene ring substituents is 1. The number of carbonyl (C=O) groups excluding carboxylic acids is 2. The van der Waals surface area contributed by atoms with Crippen molar-refractivity contribution in [3.8, 4) is 0 Å². The first kappa shape index (κ1) is 22.0. The fraction of sp³-hybridized carbons (Fsp3) is 0.467. The molecule has 1 rings (SSSR count). The molecule has 0 N–H and O–H groups in total. The molecule has 2 unspecified atom stereocenters. The summed E-state index contributed by atoms with van der Waals surface area (Å²) in [4.78, 5) is 34.8. The molecule has 0 saturated heterocycles. The van der Waals surface area contributed by atoms with Crippen LogP contribution in [0.3, 0.4) is 0 Å². The predicted octanol–water partition coefficient (Wildman–Crippen LogP) is 4.00. The third-order valence-electron chi connectivity index (χ3n) is 3.71. The van der Waals surface area contributed by atoms with Gasteiger partial charge in [-0.2, -0.15) is 0 Å². The minimum absolute atomic E-state index is 0.0833. The Morgan fingerprint density at radius 2 is 1.81 bits per heavy atom. The van der Waals surface area contributed by atoms with E-state index in [-0.39, 0.29) is 16.5 Å². The molecule has 0 radical (unpaired) electrons. The first-order chi connectivity index (χ1) is 12.1. The summed E-state index contributed by atoms with van der Waals surface area (Å²) in [5.74, 6) is -0.616. The van der Waals surface area contributed by atoms with E-state index in [2.05, 4.69) is 4.74 Å². The Kier molecular flexibility index (Phi) is 7.65. The Bertz CT molecular complexity index is 727. The van der Waals surface area contributed by atoms with Gasteiger partial charge in [0.15, 0.2) is 0 Å². The molecule has 0 aliphatic carbocycles. The van der Waals surface area contributed by atoms with Crippen LogP contribution in [0.1, 0.15) is 30.6 Å². The molecule has 2 atom stereocenters. The zero-order valence-corrected chi connectivity index (χ0v) is 17.0. The Balaban J connectivity index is 3.23. The van der Waals surface area contributed by atoms with Gasteiger partial charge in [0.1, 0.15) is 0 Å². The lowest BCUT2D eigenvalue weighted by Crippen LogP contribution is -2.34. The van der Waals surface area contributed by atoms with Crippen molar-refractivity contribution in [1.82, 2.24) is 9.34 Å². The average molecular weight is 403 g/mol. The summed E-state index contributed by atoms with van der Waals surface area (Å²) in [6.07, 6.45) is -0.143. The van der Waals surface area contributed by atoms with Gasteiger partial charge < -0.3 is 4.74 Å². The van der Waals surface area contributed by atoms with E-state index in [0.29, 0.717) is 6.42 Å². The van der Waals surface area contributed by atoms with Crippen molar-refractivity contribution < 1.29 is 23.8 Å². The van der Waals surface area contributed by atoms with Gasteiger partial charge in [-0.25, -0.2) is 9.46 Å². The van der Waals surface area contributed by atoms with Crippen LogP contribution in [0.4, 0.5) is 10.5 Å². The monoisotopic (exact) mass is 403 g/mol. The second-order valence-electron chi connectivity index (χ2n) is 5.44. The standard InChI is InChI=1S/C15H22N3O6PS/c1-6-11(2)26-25(23,17(4)15(20)24-5)16(3)14(19)12-7-9-13(10-8-12)18(21)22/h7-11H,6H2,1-5H3. The first-order valence-corrected chi connectivity index (χ1v) is 10.8. The van der Waals surface area contributed by atoms with Gasteiger partial charge in [0.05, 0.1) is 12.0 Å². The molecule has 0 bridgehead atoms. The van der Waals surface area contributed by atoms with Crippen LogP contribution in [0.5, 0.6) is 0 Å². The average Bonchev–Trinajstić information content (AvgIpc) is 2.65. The summed E-state index contributed by atoms with van der Waals surface area (Å²) in [5.41, 5.74) is -0.0330. The zero-order chi connectivity index (χ0) is 20.1. The highest BCUT2D eigenvalue weighted by atomic mass is 32.7. The molecule has 0 aliphatic rings. The lowest BCUT2D eigenvalue weighted by atomic mass is 10.2. The van der Waals surface area contributed by atoms with Crippen LogP contribution in [-0.4, -0.2) is 52.7 Å². The van der Waals surface area contributed by atoms with Crippen molar-refractivity contribution in [3.63, 3.8) is 0 Å². The second kappa shape index (κ2) is 9.05. The van der Waals surface area contributed by atoms with Gasteiger partial charge in [-0.3, -0.25) is 24.1 Å². The molecule has 0 spiro atoms. The quantitative estimate of drug-likeness (QED) is 0.384. The molecule has 0 aliphatic heterocycles. The van der Waals surface area contributed by atoms with Crippen molar-refractivity contribution >= 4 is 35.7 Å². The number of nitro groups is 1. The molecule has 0 heterocycles. The van der Waals surface area contributed by atoms with Crippen LogP contribution in [0.15, 0.2) is 24.3 Å². The van der Waals surface area contributed by atoms with E-state index in [1.54, 1.807) is 0 Å². The summed E-state index contributed by atoms with van der Waals surface area (Å²) >= 11 is 1.02. The molecule has 0 aromatic heterocycles. The van der Waals surface area contributed by atoms with E-state index in [1.165, 1.54) is 38.4 Å². The van der Waals surface area contributed by atoms with E-state index >= 15 is 0 Å². The largest absolute Gasteiger partial charge is 0.452 e. The van der Waals surface area contributed by atoms with Crippen LogP contribution in [-0.2, 0) is 9.30 Å². The number of carbonyl (C=O) groups is 2. The van der Waals surface area contributed by atoms with Gasteiger partial charge in [-0.05, 0) is 18.6 Å². The number of hydrogen-bond acceptors (Lipinski definition) is 7. The third kappa shape index (κ3) is 4.76. The third-order valence-corrected chi connectivity index (χ3v) is 9.91. The number of ether oxygens (including phenoxy) is 1. The van der Waals surface area contributed by atoms with Gasteiger partial charge >= 0.3 is 12.7 Å². The number of rotatable bonds is 7. The fourth-order valence-electron chi connectivity index (χ4n) is 1.91. The number of hydrogen-bond donors (Lipinski definition) is 0. The number of methoxy groups -OCH3 is 1. The highest BCUT2D eigenvalue weighted by molar-refractivity contribution is 8.57. The predicted molar refractivity (Wildman–Crippen MR) is 100 cm³/mol. The Labute approximate surface area is 156 Å². The number of non-ortho nitro benzene ring substituents is 1. The topological polar surface area (TPSA) is 110 Å². The van der Waals surface area contributed by atoms with Crippen LogP contribution in [0, 0.1) is 10.1 Å². The number of benzene rings is 1. The van der Waals surface area contributed by atoms with Crippen molar-refractivity contribution in [2.75, 3.05) is 21.2 Å². The molecular weight excluding hydrogens is 381 g/mol. The maximum absolute atomic E-state index is 13.6. The lowest BCUT2D eigenvalue weighted by Gasteiger charge is -2.34. The molecule has 26 heavy (non-hydrogen) atoms. The molecule has 1 aromatic carbocycles. The van der Waals surface area contributed by atoms with E-state index in [9.17, 15) is 24.3 Å². The molecule has 144 valence electrons. The zero-order valence-electron chi connectivity index (χ0n) is 15.2. The summed E-state index contributed by atoms with van der Waals surface area (Å²) < 4.78 is 20.1. The summed E-state index contributed by atoms with van der Waals surface area (Å²) in [6.45, 7) is 0.0671. The SMILES string of the molecule is CCC(C)SP(=O)(N(C)C(=O)OC)N(C)C(=O)c1ccc([N+](=O)[O-])cc1. The van der Waals surface area contributed by atoms with Crippen LogP contribution in [0.25, 0.3) is 0 Å². The molecule has 0 fully saturated rings. The van der Waals surface area contributed by atoms with Crippen LogP contribution >= 0.6 is 18.0 Å². The molecule has 1 aromatic rings. The summed E-state index contributed by atoms with van der Waals surface area (Å²) in [7, 11) is 3.80. The minimum Gasteiger partial charge on any atom is -0.452 e. The number of nitrogens with zero attached hydrogens (tertiary/aromatic N) is 3. The van der Waals surface area contributed by atoms with Gasteiger partial charge in [-0.1, -0.05) is 25.2 Å². The fourth-order valence-corrected chi connectivity index (χ4v) is 6.98. The maximum Gasteiger partial charge on any atom is 0.416 e. The molecule has 9 nitrogen and oxygen atoms in total. The Hall–Kier alpha value is -2.06. The van der Waals surface area contributed by atoms with Gasteiger partial charge in [0.25, 0.3) is 11.6 Å². The van der Waals surface area contributed by atoms with E-state index in [1.807, 2.05) is 13.8 Å². The van der Waals surface area contributed by atoms with Crippen molar-refractivity contribution in [2.24, 2.45) is 0 Å². The molecule has 2 amide bonds. The van der Waals surface area contributed by atoms with E-state index in [0.717, 1.165) is 27.8 Å². The van der Waals surface area contributed by atoms with E-state index < -0.39 is 23.6 Å². The summed E-state index contributed by atoms with van der Waals surface area (Å²) in [5, 5.41) is 10.6. The van der Waals surface area contributed by atoms with Crippen LogP contribution in [0.2, 0.25) is 0 Å². The first-order valence-electron chi connectivity index (χ1n) is 7.72. The number of amides is 2. The minimum atomic E-state index is -3.67. The van der Waals surface area contributed by atoms with Gasteiger partial charge in [0, 0.05) is 37.0 Å². The van der Waals surface area contributed by atoms with Gasteiger partial charge in [0.2, 0.25) is 0 Å². The highest BCUT2D eigenvalue weighted by Gasteiger charge is 2.41. The van der Waals surface area contributed by atoms with E-state index in [4.69, 9.17) is 0 Å². The molecule has 0 saturated carbocycles. The van der Waals surface area contributed by atoms with Crippen molar-refractivity contribution in [3.05, 3.63) is 39.9 Å². The van der Waals surface area contributed by atoms with Gasteiger partial charge in [-0.15, -0.1) is 0 Å². The Morgan fingerprint density at radius 3 is 2.23 bits per heavy atom. The molecule has 11 heteroatoms. The van der Waals surface area contributed by atoms with Crippen molar-refractivity contribution in [1.29, 1.82) is 0 Å². The smallest absolute Gasteiger partial charge is 0.416 e. The molecular formula is C15H22N3O6PS. The lowest BCUT2D eigenvalue weighted by molar-refractivity contribution is -0.384.